The molecule has 0 radical (unpaired) electrons. The summed E-state index contributed by atoms with van der Waals surface area (Å²) >= 11 is 1.45. The molecule has 0 atom stereocenters. The first-order valence-corrected chi connectivity index (χ1v) is 7.68. The van der Waals surface area contributed by atoms with Gasteiger partial charge in [0.15, 0.2) is 5.82 Å². The molecule has 0 saturated carbocycles. The molecule has 0 fully saturated rings. The second-order valence-corrected chi connectivity index (χ2v) is 5.87. The van der Waals surface area contributed by atoms with Gasteiger partial charge in [-0.1, -0.05) is 5.16 Å². The normalized spacial score (nSPS) is 14.1. The lowest BCUT2D eigenvalue weighted by Crippen LogP contribution is -2.16. The number of nitrogens with one attached hydrogen (secondary N) is 1. The number of aryl methyl sites for hydroxylation is 1. The highest BCUT2D eigenvalue weighted by atomic mass is 32.1. The van der Waals surface area contributed by atoms with E-state index in [1.54, 1.807) is 0 Å². The van der Waals surface area contributed by atoms with Gasteiger partial charge in [-0.05, 0) is 30.7 Å². The summed E-state index contributed by atoms with van der Waals surface area (Å²) in [6.45, 7) is 0. The first kappa shape index (κ1) is 12.5. The summed E-state index contributed by atoms with van der Waals surface area (Å²) in [4.78, 5) is 20.7. The molecule has 4 rings (SSSR count). The lowest BCUT2D eigenvalue weighted by atomic mass is 9.98. The Morgan fingerprint density at radius 1 is 1.29 bits per heavy atom. The Hall–Kier alpha value is -2.28. The third kappa shape index (κ3) is 2.09. The van der Waals surface area contributed by atoms with Crippen LogP contribution in [-0.2, 0) is 12.8 Å². The zero-order chi connectivity index (χ0) is 14.2. The smallest absolute Gasteiger partial charge is 0.277 e. The zero-order valence-electron chi connectivity index (χ0n) is 11.1. The summed E-state index contributed by atoms with van der Waals surface area (Å²) in [6, 6.07) is 1.87. The standard InChI is InChI=1S/C14H12N4O2S/c19-14(11-12-9(5-6-21-12)15-7-16-11)17-13-8-3-1-2-4-10(8)20-18-13/h5-7H,1-4H2,(H,17,18,19). The van der Waals surface area contributed by atoms with Gasteiger partial charge in [-0.2, -0.15) is 0 Å². The van der Waals surface area contributed by atoms with Crippen LogP contribution in [0.3, 0.4) is 0 Å². The highest BCUT2D eigenvalue weighted by Crippen LogP contribution is 2.28. The molecule has 3 aromatic heterocycles. The molecule has 0 aromatic carbocycles. The van der Waals surface area contributed by atoms with E-state index in [1.807, 2.05) is 11.4 Å². The van der Waals surface area contributed by atoms with E-state index in [0.717, 1.165) is 47.2 Å². The number of thiophene rings is 1. The number of nitrogens with zero attached hydrogens (tertiary/aromatic N) is 3. The molecule has 6 nitrogen and oxygen atoms in total. The molecule has 1 aliphatic carbocycles. The lowest BCUT2D eigenvalue weighted by Gasteiger charge is -2.09. The van der Waals surface area contributed by atoms with Gasteiger partial charge in [0.1, 0.15) is 17.8 Å². The fourth-order valence-corrected chi connectivity index (χ4v) is 3.43. The Kier molecular flexibility index (Phi) is 2.92. The van der Waals surface area contributed by atoms with E-state index in [9.17, 15) is 4.79 Å². The number of amides is 1. The molecule has 3 aromatic rings. The van der Waals surface area contributed by atoms with Gasteiger partial charge in [0.05, 0.1) is 10.2 Å². The second kappa shape index (κ2) is 4.92. The molecule has 0 aliphatic heterocycles. The summed E-state index contributed by atoms with van der Waals surface area (Å²) in [5.74, 6) is 1.14. The zero-order valence-corrected chi connectivity index (χ0v) is 11.9. The minimum Gasteiger partial charge on any atom is -0.359 e. The molecular weight excluding hydrogens is 288 g/mol. The largest absolute Gasteiger partial charge is 0.359 e. The van der Waals surface area contributed by atoms with Crippen molar-refractivity contribution in [3.05, 3.63) is 34.8 Å². The maximum absolute atomic E-state index is 12.4. The minimum absolute atomic E-state index is 0.272. The van der Waals surface area contributed by atoms with Crippen LogP contribution < -0.4 is 5.32 Å². The fraction of sp³-hybridized carbons (Fsp3) is 0.286. The summed E-state index contributed by atoms with van der Waals surface area (Å²) in [5.41, 5.74) is 2.18. The quantitative estimate of drug-likeness (QED) is 0.787. The number of aromatic nitrogens is 3. The van der Waals surface area contributed by atoms with Crippen molar-refractivity contribution in [2.24, 2.45) is 0 Å². The number of anilines is 1. The molecule has 7 heteroatoms. The molecule has 0 spiro atoms. The Morgan fingerprint density at radius 3 is 3.14 bits per heavy atom. The highest BCUT2D eigenvalue weighted by Gasteiger charge is 2.22. The van der Waals surface area contributed by atoms with Crippen molar-refractivity contribution < 1.29 is 9.32 Å². The predicted octanol–water partition coefficient (Wildman–Crippen LogP) is 2.81. The van der Waals surface area contributed by atoms with Crippen LogP contribution in [0.4, 0.5) is 5.82 Å². The van der Waals surface area contributed by atoms with E-state index in [0.29, 0.717) is 11.5 Å². The van der Waals surface area contributed by atoms with Crippen LogP contribution in [0.2, 0.25) is 0 Å². The molecular formula is C14H12N4O2S. The molecule has 0 bridgehead atoms. The van der Waals surface area contributed by atoms with Crippen LogP contribution in [0, 0.1) is 0 Å². The lowest BCUT2D eigenvalue weighted by molar-refractivity contribution is 0.102. The van der Waals surface area contributed by atoms with E-state index >= 15 is 0 Å². The van der Waals surface area contributed by atoms with Gasteiger partial charge in [0, 0.05) is 12.0 Å². The number of hydrogen-bond donors (Lipinski definition) is 1. The molecule has 106 valence electrons. The van der Waals surface area contributed by atoms with E-state index in [1.165, 1.54) is 17.7 Å². The molecule has 1 aliphatic rings. The first-order valence-electron chi connectivity index (χ1n) is 6.80. The van der Waals surface area contributed by atoms with Gasteiger partial charge in [-0.15, -0.1) is 11.3 Å². The number of fused-ring (bicyclic) bond motifs is 2. The summed E-state index contributed by atoms with van der Waals surface area (Å²) in [7, 11) is 0. The van der Waals surface area contributed by atoms with Crippen molar-refractivity contribution >= 4 is 33.3 Å². The van der Waals surface area contributed by atoms with E-state index in [-0.39, 0.29) is 5.91 Å². The third-order valence-corrected chi connectivity index (χ3v) is 4.55. The minimum atomic E-state index is -0.272. The average Bonchev–Trinajstić information content (AvgIpc) is 3.14. The third-order valence-electron chi connectivity index (χ3n) is 3.64. The average molecular weight is 300 g/mol. The second-order valence-electron chi connectivity index (χ2n) is 4.95. The van der Waals surface area contributed by atoms with Gasteiger partial charge in [0.25, 0.3) is 5.91 Å². The Labute approximate surface area is 124 Å². The van der Waals surface area contributed by atoms with Crippen LogP contribution in [0.5, 0.6) is 0 Å². The van der Waals surface area contributed by atoms with Crippen molar-refractivity contribution in [1.29, 1.82) is 0 Å². The van der Waals surface area contributed by atoms with Gasteiger partial charge >= 0.3 is 0 Å². The number of hydrogen-bond acceptors (Lipinski definition) is 6. The van der Waals surface area contributed by atoms with Crippen molar-refractivity contribution in [3.8, 4) is 0 Å². The Bertz CT molecular complexity index is 823. The molecule has 1 N–H and O–H groups in total. The van der Waals surface area contributed by atoms with Crippen LogP contribution in [0.25, 0.3) is 10.2 Å². The summed E-state index contributed by atoms with van der Waals surface area (Å²) in [5, 5.41) is 8.70. The summed E-state index contributed by atoms with van der Waals surface area (Å²) in [6.07, 6.45) is 5.40. The Morgan fingerprint density at radius 2 is 2.19 bits per heavy atom. The van der Waals surface area contributed by atoms with E-state index in [4.69, 9.17) is 4.52 Å². The van der Waals surface area contributed by atoms with Gasteiger partial charge in [-0.25, -0.2) is 9.97 Å². The molecule has 0 saturated heterocycles. The maximum Gasteiger partial charge on any atom is 0.277 e. The summed E-state index contributed by atoms with van der Waals surface area (Å²) < 4.78 is 6.09. The van der Waals surface area contributed by atoms with E-state index in [2.05, 4.69) is 20.4 Å². The van der Waals surface area contributed by atoms with Gasteiger partial charge in [0.2, 0.25) is 0 Å². The Balaban J connectivity index is 1.67. The van der Waals surface area contributed by atoms with Crippen molar-refractivity contribution in [1.82, 2.24) is 15.1 Å². The van der Waals surface area contributed by atoms with Crippen molar-refractivity contribution in [2.75, 3.05) is 5.32 Å². The van der Waals surface area contributed by atoms with Crippen LogP contribution in [0.15, 0.2) is 22.3 Å². The van der Waals surface area contributed by atoms with Crippen molar-refractivity contribution in [2.45, 2.75) is 25.7 Å². The van der Waals surface area contributed by atoms with Crippen LogP contribution >= 0.6 is 11.3 Å². The first-order chi connectivity index (χ1) is 10.3. The van der Waals surface area contributed by atoms with Gasteiger partial charge in [-0.3, -0.25) is 4.79 Å². The number of carbonyl (C=O) groups is 1. The molecule has 0 unspecified atom stereocenters. The maximum atomic E-state index is 12.4. The topological polar surface area (TPSA) is 80.9 Å². The van der Waals surface area contributed by atoms with E-state index < -0.39 is 0 Å². The van der Waals surface area contributed by atoms with Crippen LogP contribution in [-0.4, -0.2) is 21.0 Å². The van der Waals surface area contributed by atoms with Crippen molar-refractivity contribution in [3.63, 3.8) is 0 Å². The predicted molar refractivity (Wildman–Crippen MR) is 78.5 cm³/mol. The fourth-order valence-electron chi connectivity index (χ4n) is 2.60. The van der Waals surface area contributed by atoms with Gasteiger partial charge < -0.3 is 9.84 Å². The van der Waals surface area contributed by atoms with Crippen LogP contribution in [0.1, 0.15) is 34.7 Å². The SMILES string of the molecule is O=C(Nc1noc2c1CCCC2)c1ncnc2ccsc12. The molecule has 21 heavy (non-hydrogen) atoms. The molecule has 1 amide bonds. The molecule has 3 heterocycles. The number of rotatable bonds is 2. The number of carbonyl (C=O) groups excluding carboxylic acids is 1. The highest BCUT2D eigenvalue weighted by molar-refractivity contribution is 7.17. The monoisotopic (exact) mass is 300 g/mol.